The summed E-state index contributed by atoms with van der Waals surface area (Å²) < 4.78 is 7.75. The molecule has 1 aromatic rings. The van der Waals surface area contributed by atoms with Gasteiger partial charge in [-0.25, -0.2) is 0 Å². The number of aromatic nitrogens is 3. The number of aliphatic imine (C=N–C) groups is 1. The average molecular weight is 525 g/mol. The summed E-state index contributed by atoms with van der Waals surface area (Å²) in [7, 11) is 2.11. The van der Waals surface area contributed by atoms with Crippen molar-refractivity contribution in [2.45, 2.75) is 51.7 Å². The normalized spacial score (nSPS) is 17.1. The van der Waals surface area contributed by atoms with Crippen molar-refractivity contribution in [3.63, 3.8) is 0 Å². The van der Waals surface area contributed by atoms with E-state index in [2.05, 4.69) is 59.1 Å². The molecule has 1 N–H and O–H groups in total. The lowest BCUT2D eigenvalue weighted by Crippen LogP contribution is -2.41. The molecule has 2 heterocycles. The van der Waals surface area contributed by atoms with Crippen molar-refractivity contribution in [2.75, 3.05) is 46.2 Å². The Balaban J connectivity index is 0.00000392. The van der Waals surface area contributed by atoms with Crippen LogP contribution in [-0.4, -0.2) is 71.8 Å². The highest BCUT2D eigenvalue weighted by molar-refractivity contribution is 14.0. The summed E-state index contributed by atoms with van der Waals surface area (Å²) in [6, 6.07) is 0. The van der Waals surface area contributed by atoms with Gasteiger partial charge in [-0.3, -0.25) is 4.99 Å². The van der Waals surface area contributed by atoms with Crippen LogP contribution in [0.15, 0.2) is 10.1 Å². The Kier molecular flexibility index (Phi) is 12.4. The molecule has 0 saturated carbocycles. The fourth-order valence-electron chi connectivity index (χ4n) is 3.30. The topological polar surface area (TPSA) is 67.6 Å². The lowest BCUT2D eigenvalue weighted by atomic mass is 10.1. The number of hydrogen-bond acceptors (Lipinski definition) is 5. The van der Waals surface area contributed by atoms with E-state index in [1.165, 1.54) is 0 Å². The molecule has 28 heavy (non-hydrogen) atoms. The Bertz CT molecular complexity index is 589. The van der Waals surface area contributed by atoms with Gasteiger partial charge in [-0.1, -0.05) is 25.6 Å². The largest absolute Gasteiger partial charge is 0.381 e. The van der Waals surface area contributed by atoms with Crippen LogP contribution in [0.4, 0.5) is 0 Å². The van der Waals surface area contributed by atoms with Crippen LogP contribution >= 0.6 is 35.7 Å². The molecular weight excluding hydrogens is 487 g/mol. The number of hydrogen-bond donors (Lipinski definition) is 1. The van der Waals surface area contributed by atoms with Crippen LogP contribution in [0.5, 0.6) is 0 Å². The second-order valence-electron chi connectivity index (χ2n) is 7.56. The molecule has 1 fully saturated rings. The molecule has 162 valence electrons. The molecule has 1 aromatic heterocycles. The van der Waals surface area contributed by atoms with E-state index in [0.717, 1.165) is 75.6 Å². The predicted molar refractivity (Wildman–Crippen MR) is 128 cm³/mol. The van der Waals surface area contributed by atoms with E-state index in [4.69, 9.17) is 9.73 Å². The molecule has 0 radical (unpaired) electrons. The van der Waals surface area contributed by atoms with Gasteiger partial charge in [-0.15, -0.1) is 34.2 Å². The SMILES string of the molecule is CCNC(=NCCCc1nnc(SC)n1CC(C)C)N(C)CC1CCOC1.I. The quantitative estimate of drug-likeness (QED) is 0.167. The zero-order valence-electron chi connectivity index (χ0n) is 18.0. The first kappa shape index (κ1) is 25.5. The van der Waals surface area contributed by atoms with E-state index in [1.807, 2.05) is 0 Å². The van der Waals surface area contributed by atoms with Crippen molar-refractivity contribution in [2.24, 2.45) is 16.8 Å². The third kappa shape index (κ3) is 8.06. The maximum absolute atomic E-state index is 5.49. The van der Waals surface area contributed by atoms with Gasteiger partial charge in [0.2, 0.25) is 0 Å². The van der Waals surface area contributed by atoms with Gasteiger partial charge >= 0.3 is 0 Å². The van der Waals surface area contributed by atoms with Crippen LogP contribution in [-0.2, 0) is 17.7 Å². The number of nitrogens with one attached hydrogen (secondary N) is 1. The first-order valence-corrected chi connectivity index (χ1v) is 11.3. The number of aryl methyl sites for hydroxylation is 1. The third-order valence-corrected chi connectivity index (χ3v) is 5.26. The molecule has 0 aliphatic carbocycles. The smallest absolute Gasteiger partial charge is 0.193 e. The van der Waals surface area contributed by atoms with E-state index in [0.29, 0.717) is 11.8 Å². The van der Waals surface area contributed by atoms with Gasteiger partial charge in [0.15, 0.2) is 11.1 Å². The van der Waals surface area contributed by atoms with Crippen molar-refractivity contribution >= 4 is 41.7 Å². The lowest BCUT2D eigenvalue weighted by molar-refractivity contribution is 0.181. The number of halogens is 1. The molecule has 1 atom stereocenters. The first-order chi connectivity index (χ1) is 13.0. The Morgan fingerprint density at radius 3 is 2.82 bits per heavy atom. The molecule has 0 aromatic carbocycles. The fraction of sp³-hybridized carbons (Fsp3) is 0.842. The number of nitrogens with zero attached hydrogens (tertiary/aromatic N) is 5. The zero-order chi connectivity index (χ0) is 19.6. The van der Waals surface area contributed by atoms with Crippen LogP contribution in [0, 0.1) is 11.8 Å². The van der Waals surface area contributed by atoms with E-state index < -0.39 is 0 Å². The fourth-order valence-corrected chi connectivity index (χ4v) is 3.82. The minimum absolute atomic E-state index is 0. The molecule has 7 nitrogen and oxygen atoms in total. The summed E-state index contributed by atoms with van der Waals surface area (Å²) in [6.07, 6.45) is 5.08. The maximum atomic E-state index is 5.49. The van der Waals surface area contributed by atoms with Crippen molar-refractivity contribution in [1.29, 1.82) is 0 Å². The Labute approximate surface area is 191 Å². The highest BCUT2D eigenvalue weighted by Crippen LogP contribution is 2.17. The minimum Gasteiger partial charge on any atom is -0.381 e. The predicted octanol–water partition coefficient (Wildman–Crippen LogP) is 3.14. The van der Waals surface area contributed by atoms with E-state index in [-0.39, 0.29) is 24.0 Å². The van der Waals surface area contributed by atoms with Gasteiger partial charge in [0, 0.05) is 52.2 Å². The van der Waals surface area contributed by atoms with Crippen molar-refractivity contribution in [1.82, 2.24) is 25.0 Å². The molecule has 1 aliphatic rings. The Morgan fingerprint density at radius 2 is 2.21 bits per heavy atom. The molecule has 0 bridgehead atoms. The summed E-state index contributed by atoms with van der Waals surface area (Å²) >= 11 is 1.66. The molecule has 9 heteroatoms. The van der Waals surface area contributed by atoms with Gasteiger partial charge in [0.25, 0.3) is 0 Å². The summed E-state index contributed by atoms with van der Waals surface area (Å²) in [5.41, 5.74) is 0. The van der Waals surface area contributed by atoms with Gasteiger partial charge < -0.3 is 19.5 Å². The highest BCUT2D eigenvalue weighted by Gasteiger charge is 2.19. The summed E-state index contributed by atoms with van der Waals surface area (Å²) in [6.45, 7) is 12.0. The van der Waals surface area contributed by atoms with Gasteiger partial charge in [0.05, 0.1) is 6.61 Å². The molecule has 0 amide bonds. The molecule has 1 saturated heterocycles. The van der Waals surface area contributed by atoms with Gasteiger partial charge in [-0.2, -0.15) is 0 Å². The Morgan fingerprint density at radius 1 is 1.43 bits per heavy atom. The zero-order valence-corrected chi connectivity index (χ0v) is 21.1. The van der Waals surface area contributed by atoms with E-state index >= 15 is 0 Å². The second-order valence-corrected chi connectivity index (χ2v) is 8.33. The minimum atomic E-state index is 0. The number of thioether (sulfide) groups is 1. The van der Waals surface area contributed by atoms with Crippen molar-refractivity contribution < 1.29 is 4.74 Å². The van der Waals surface area contributed by atoms with Crippen LogP contribution in [0.2, 0.25) is 0 Å². The lowest BCUT2D eigenvalue weighted by Gasteiger charge is -2.24. The van der Waals surface area contributed by atoms with Gasteiger partial charge in [-0.05, 0) is 31.9 Å². The summed E-state index contributed by atoms with van der Waals surface area (Å²) in [4.78, 5) is 7.05. The van der Waals surface area contributed by atoms with E-state index in [1.54, 1.807) is 11.8 Å². The van der Waals surface area contributed by atoms with E-state index in [9.17, 15) is 0 Å². The van der Waals surface area contributed by atoms with Crippen molar-refractivity contribution in [3.05, 3.63) is 5.82 Å². The maximum Gasteiger partial charge on any atom is 0.193 e. The monoisotopic (exact) mass is 524 g/mol. The highest BCUT2D eigenvalue weighted by atomic mass is 127. The van der Waals surface area contributed by atoms with Crippen LogP contribution in [0.25, 0.3) is 0 Å². The third-order valence-electron chi connectivity index (χ3n) is 4.60. The van der Waals surface area contributed by atoms with Crippen molar-refractivity contribution in [3.8, 4) is 0 Å². The number of guanidine groups is 1. The average Bonchev–Trinajstić information content (AvgIpc) is 3.27. The van der Waals surface area contributed by atoms with Gasteiger partial charge in [0.1, 0.15) is 5.82 Å². The first-order valence-electron chi connectivity index (χ1n) is 10.1. The van der Waals surface area contributed by atoms with Crippen LogP contribution in [0.3, 0.4) is 0 Å². The standard InChI is InChI=1S/C19H36N6OS.HI/c1-6-20-18(24(4)13-16-9-11-26-14-16)21-10-7-8-17-22-23-19(27-5)25(17)12-15(2)3;/h15-16H,6-14H2,1-5H3,(H,20,21);1H. The molecule has 1 unspecified atom stereocenters. The summed E-state index contributed by atoms with van der Waals surface area (Å²) in [5, 5.41) is 13.1. The summed E-state index contributed by atoms with van der Waals surface area (Å²) in [5.74, 6) is 3.25. The number of rotatable bonds is 10. The molecule has 2 rings (SSSR count). The number of ether oxygens (including phenoxy) is 1. The molecule has 0 spiro atoms. The Hall–Kier alpha value is -0.550. The molecular formula is C19H37IN6OS. The second kappa shape index (κ2) is 13.6. The molecule has 1 aliphatic heterocycles. The van der Waals surface area contributed by atoms with Crippen LogP contribution in [0.1, 0.15) is 39.4 Å². The van der Waals surface area contributed by atoms with Crippen LogP contribution < -0.4 is 5.32 Å².